The van der Waals surface area contributed by atoms with Crippen molar-refractivity contribution >= 4 is 11.9 Å². The van der Waals surface area contributed by atoms with E-state index in [2.05, 4.69) is 13.8 Å². The van der Waals surface area contributed by atoms with Crippen molar-refractivity contribution < 1.29 is 19.4 Å². The van der Waals surface area contributed by atoms with Crippen molar-refractivity contribution in [3.8, 4) is 0 Å². The normalized spacial score (nSPS) is 22.0. The van der Waals surface area contributed by atoms with Crippen LogP contribution in [0.4, 0.5) is 0 Å². The summed E-state index contributed by atoms with van der Waals surface area (Å²) in [6.07, 6.45) is 1.92. The van der Waals surface area contributed by atoms with Crippen molar-refractivity contribution in [2.24, 2.45) is 17.3 Å². The summed E-state index contributed by atoms with van der Waals surface area (Å²) in [5.41, 5.74) is 0.143. The van der Waals surface area contributed by atoms with Crippen LogP contribution >= 0.6 is 0 Å². The van der Waals surface area contributed by atoms with Crippen molar-refractivity contribution in [3.63, 3.8) is 0 Å². The first kappa shape index (κ1) is 19.4. The molecule has 0 bridgehead atoms. The number of likely N-dealkylation sites (tertiary alicyclic amines) is 1. The van der Waals surface area contributed by atoms with Gasteiger partial charge in [0.2, 0.25) is 5.91 Å². The average molecular weight is 347 g/mol. The number of aliphatic carboxylic acids is 1. The van der Waals surface area contributed by atoms with Gasteiger partial charge in [0.25, 0.3) is 0 Å². The first-order valence-electron chi connectivity index (χ1n) is 8.94. The first-order chi connectivity index (χ1) is 11.9. The lowest BCUT2D eigenvalue weighted by Crippen LogP contribution is -2.53. The van der Waals surface area contributed by atoms with Crippen molar-refractivity contribution in [1.29, 1.82) is 0 Å². The maximum Gasteiger partial charge on any atom is 0.313 e. The second kappa shape index (κ2) is 8.48. The van der Waals surface area contributed by atoms with Gasteiger partial charge in [-0.25, -0.2) is 0 Å². The number of carboxylic acid groups (broad SMARTS) is 1. The molecule has 1 aliphatic rings. The molecule has 1 N–H and O–H groups in total. The largest absolute Gasteiger partial charge is 0.481 e. The van der Waals surface area contributed by atoms with Crippen LogP contribution in [-0.4, -0.2) is 48.7 Å². The number of amides is 1. The smallest absolute Gasteiger partial charge is 0.313 e. The molecule has 1 saturated heterocycles. The van der Waals surface area contributed by atoms with Crippen LogP contribution in [0.3, 0.4) is 0 Å². The molecule has 2 rings (SSSR count). The molecule has 0 saturated carbocycles. The lowest BCUT2D eigenvalue weighted by Gasteiger charge is -2.41. The quantitative estimate of drug-likeness (QED) is 0.824. The van der Waals surface area contributed by atoms with Crippen molar-refractivity contribution in [1.82, 2.24) is 4.90 Å². The minimum Gasteiger partial charge on any atom is -0.481 e. The van der Waals surface area contributed by atoms with Gasteiger partial charge in [0.15, 0.2) is 0 Å². The average Bonchev–Trinajstić information content (AvgIpc) is 2.60. The molecule has 2 atom stereocenters. The minimum atomic E-state index is -0.989. The number of methoxy groups -OCH3 is 1. The molecule has 0 aromatic heterocycles. The van der Waals surface area contributed by atoms with Gasteiger partial charge in [-0.2, -0.15) is 0 Å². The Morgan fingerprint density at radius 2 is 1.96 bits per heavy atom. The molecule has 1 aromatic carbocycles. The monoisotopic (exact) mass is 347 g/mol. The summed E-state index contributed by atoms with van der Waals surface area (Å²) in [7, 11) is 1.51. The molecular weight excluding hydrogens is 318 g/mol. The zero-order valence-electron chi connectivity index (χ0n) is 15.4. The maximum absolute atomic E-state index is 13.2. The molecule has 1 aliphatic heterocycles. The molecule has 0 spiro atoms. The Bertz CT molecular complexity index is 583. The third kappa shape index (κ3) is 4.60. The van der Waals surface area contributed by atoms with E-state index in [0.29, 0.717) is 25.8 Å². The topological polar surface area (TPSA) is 66.8 Å². The Hall–Kier alpha value is -1.88. The predicted molar refractivity (Wildman–Crippen MR) is 96.2 cm³/mol. The van der Waals surface area contributed by atoms with Gasteiger partial charge in [0, 0.05) is 26.1 Å². The molecule has 5 heteroatoms. The van der Waals surface area contributed by atoms with Crippen LogP contribution in [0.15, 0.2) is 30.3 Å². The van der Waals surface area contributed by atoms with Gasteiger partial charge in [-0.1, -0.05) is 44.2 Å². The highest BCUT2D eigenvalue weighted by atomic mass is 16.5. The Kier molecular flexibility index (Phi) is 6.59. The zero-order chi connectivity index (χ0) is 18.4. The summed E-state index contributed by atoms with van der Waals surface area (Å²) >= 11 is 0. The number of hydrogen-bond donors (Lipinski definition) is 1. The van der Waals surface area contributed by atoms with Gasteiger partial charge in [-0.3, -0.25) is 9.59 Å². The fourth-order valence-electron chi connectivity index (χ4n) is 3.66. The van der Waals surface area contributed by atoms with E-state index in [1.54, 1.807) is 4.90 Å². The third-order valence-electron chi connectivity index (χ3n) is 5.18. The third-order valence-corrected chi connectivity index (χ3v) is 5.18. The van der Waals surface area contributed by atoms with Crippen LogP contribution < -0.4 is 0 Å². The lowest BCUT2D eigenvalue weighted by molar-refractivity contribution is -0.160. The Labute approximate surface area is 150 Å². The molecule has 1 amide bonds. The summed E-state index contributed by atoms with van der Waals surface area (Å²) in [4.78, 5) is 26.7. The van der Waals surface area contributed by atoms with Crippen LogP contribution in [0.5, 0.6) is 0 Å². The maximum atomic E-state index is 13.2. The van der Waals surface area contributed by atoms with Gasteiger partial charge in [-0.05, 0) is 30.7 Å². The van der Waals surface area contributed by atoms with Crippen molar-refractivity contribution in [2.45, 2.75) is 33.1 Å². The van der Waals surface area contributed by atoms with Gasteiger partial charge in [0.05, 0.1) is 6.61 Å². The van der Waals surface area contributed by atoms with E-state index in [1.807, 2.05) is 30.3 Å². The first-order valence-corrected chi connectivity index (χ1v) is 8.94. The van der Waals surface area contributed by atoms with Gasteiger partial charge in [0.1, 0.15) is 5.41 Å². The van der Waals surface area contributed by atoms with E-state index in [0.717, 1.165) is 5.56 Å². The number of carboxylic acids is 1. The molecular formula is C20H29NO4. The Morgan fingerprint density at radius 1 is 1.28 bits per heavy atom. The van der Waals surface area contributed by atoms with Crippen LogP contribution in [-0.2, 0) is 20.7 Å². The van der Waals surface area contributed by atoms with E-state index in [4.69, 9.17) is 4.74 Å². The highest BCUT2D eigenvalue weighted by Gasteiger charge is 2.44. The highest BCUT2D eigenvalue weighted by Crippen LogP contribution is 2.32. The number of carbonyl (C=O) groups is 2. The molecule has 138 valence electrons. The molecule has 1 aromatic rings. The second-order valence-corrected chi connectivity index (χ2v) is 7.42. The molecule has 0 radical (unpaired) electrons. The van der Waals surface area contributed by atoms with Crippen LogP contribution in [0.25, 0.3) is 0 Å². The number of carbonyl (C=O) groups excluding carboxylic acids is 1. The van der Waals surface area contributed by atoms with Gasteiger partial charge in [-0.15, -0.1) is 0 Å². The number of ether oxygens (including phenoxy) is 1. The van der Waals surface area contributed by atoms with Gasteiger partial charge >= 0.3 is 5.97 Å². The number of rotatable bonds is 7. The van der Waals surface area contributed by atoms with E-state index < -0.39 is 11.4 Å². The molecule has 1 fully saturated rings. The fourth-order valence-corrected chi connectivity index (χ4v) is 3.66. The Morgan fingerprint density at radius 3 is 2.52 bits per heavy atom. The fraction of sp³-hybridized carbons (Fsp3) is 0.600. The second-order valence-electron chi connectivity index (χ2n) is 7.42. The summed E-state index contributed by atoms with van der Waals surface area (Å²) < 4.78 is 5.16. The highest BCUT2D eigenvalue weighted by molar-refractivity contribution is 5.82. The van der Waals surface area contributed by atoms with E-state index >= 15 is 0 Å². The summed E-state index contributed by atoms with van der Waals surface area (Å²) in [6, 6.07) is 9.99. The molecule has 0 aliphatic carbocycles. The summed E-state index contributed by atoms with van der Waals surface area (Å²) in [5.74, 6) is -0.776. The number of nitrogens with zero attached hydrogens (tertiary/aromatic N) is 1. The van der Waals surface area contributed by atoms with Crippen LogP contribution in [0.2, 0.25) is 0 Å². The SMILES string of the molecule is COCC1(C(=O)O)CCCN(C(=O)C(Cc2ccccc2)C(C)C)C1. The van der Waals surface area contributed by atoms with Crippen LogP contribution in [0.1, 0.15) is 32.3 Å². The minimum absolute atomic E-state index is 0.0558. The van der Waals surface area contributed by atoms with E-state index in [9.17, 15) is 14.7 Å². The van der Waals surface area contributed by atoms with E-state index in [-0.39, 0.29) is 30.9 Å². The molecule has 1 heterocycles. The summed E-state index contributed by atoms with van der Waals surface area (Å²) in [5, 5.41) is 9.68. The number of hydrogen-bond acceptors (Lipinski definition) is 3. The summed E-state index contributed by atoms with van der Waals surface area (Å²) in [6.45, 7) is 5.09. The molecule has 2 unspecified atom stereocenters. The van der Waals surface area contributed by atoms with Gasteiger partial charge < -0.3 is 14.7 Å². The van der Waals surface area contributed by atoms with Crippen molar-refractivity contribution in [3.05, 3.63) is 35.9 Å². The molecule has 5 nitrogen and oxygen atoms in total. The number of piperidine rings is 1. The van der Waals surface area contributed by atoms with Crippen LogP contribution in [0, 0.1) is 17.3 Å². The Balaban J connectivity index is 2.16. The van der Waals surface area contributed by atoms with Crippen molar-refractivity contribution in [2.75, 3.05) is 26.8 Å². The predicted octanol–water partition coefficient (Wildman–Crippen LogP) is 2.84. The number of benzene rings is 1. The standard InChI is InChI=1S/C20H29NO4/c1-15(2)17(12-16-8-5-4-6-9-16)18(22)21-11-7-10-20(13-21,14-25-3)19(23)24/h4-6,8-9,15,17H,7,10-14H2,1-3H3,(H,23,24). The zero-order valence-corrected chi connectivity index (χ0v) is 15.4. The molecule has 25 heavy (non-hydrogen) atoms. The van der Waals surface area contributed by atoms with E-state index in [1.165, 1.54) is 7.11 Å². The lowest BCUT2D eigenvalue weighted by atomic mass is 9.79.